The predicted molar refractivity (Wildman–Crippen MR) is 200 cm³/mol. The number of esters is 1. The first-order valence-corrected chi connectivity index (χ1v) is 20.7. The number of ether oxygens (including phenoxy) is 7. The number of nitrogens with one attached hydrogen (secondary N) is 1. The lowest BCUT2D eigenvalue weighted by Gasteiger charge is -2.49. The van der Waals surface area contributed by atoms with Crippen molar-refractivity contribution in [1.82, 2.24) is 5.32 Å². The van der Waals surface area contributed by atoms with Crippen molar-refractivity contribution in [3.8, 4) is 0 Å². The summed E-state index contributed by atoms with van der Waals surface area (Å²) in [5.41, 5.74) is -1.39. The zero-order chi connectivity index (χ0) is 40.8. The van der Waals surface area contributed by atoms with Gasteiger partial charge in [0.2, 0.25) is 0 Å². The Hall–Kier alpha value is -2.07. The molecule has 1 spiro atoms. The van der Waals surface area contributed by atoms with Gasteiger partial charge in [-0.1, -0.05) is 41.5 Å². The highest BCUT2D eigenvalue weighted by Crippen LogP contribution is 2.54. The van der Waals surface area contributed by atoms with E-state index in [2.05, 4.69) is 26.1 Å². The average Bonchev–Trinajstić information content (AvgIpc) is 3.81. The lowest BCUT2D eigenvalue weighted by Crippen LogP contribution is -2.58. The highest BCUT2D eigenvalue weighted by molar-refractivity contribution is 5.73. The van der Waals surface area contributed by atoms with Crippen molar-refractivity contribution in [2.24, 2.45) is 35.5 Å². The molecule has 316 valence electrons. The minimum atomic E-state index is -1.60. The normalized spacial score (nSPS) is 45.0. The number of hydrogen-bond acceptors (Lipinski definition) is 12. The van der Waals surface area contributed by atoms with E-state index in [0.29, 0.717) is 19.3 Å². The van der Waals surface area contributed by atoms with Crippen molar-refractivity contribution in [2.75, 3.05) is 6.61 Å². The molecule has 5 aliphatic rings. The SMILES string of the molecule is CCC(=O)O[C@H]([C@H](C)[C@H]1O[C@@]2(CC[C@@](C)([C@H]3CC[C@@](C)(C4O[C@@H]([C@H]5O[C@@](O)(CO)[C@H](C)C[C@@H]5C)C[C@@H]4C)O3)O2)C[C@H](OC(=O)NC(C)C)[C@H]1C)[C@@H](C)C(=O)O. The number of carbonyl (C=O) groups excluding carboxylic acids is 2. The molecule has 0 radical (unpaired) electrons. The Kier molecular flexibility index (Phi) is 13.3. The number of amides is 1. The maximum absolute atomic E-state index is 13.0. The maximum Gasteiger partial charge on any atom is 0.407 e. The minimum absolute atomic E-state index is 0.0919. The van der Waals surface area contributed by atoms with Gasteiger partial charge in [-0.15, -0.1) is 0 Å². The Morgan fingerprint density at radius 2 is 1.62 bits per heavy atom. The van der Waals surface area contributed by atoms with Crippen molar-refractivity contribution in [3.05, 3.63) is 0 Å². The van der Waals surface area contributed by atoms with Crippen LogP contribution in [0.25, 0.3) is 0 Å². The molecule has 1 amide bonds. The summed E-state index contributed by atoms with van der Waals surface area (Å²) in [5.74, 6) is -6.27. The average molecular weight is 784 g/mol. The standard InChI is InChI=1S/C41H69NO13/c1-12-31(44)51-33(27(9)36(45)46)26(8)34-25(7)29(50-37(47)42-21(2)3)19-40(53-34)16-15-38(10,55-40)30-13-14-39(11,52-30)35-23(5)18-28(49-35)32-22(4)17-24(6)41(48,20-43)54-32/h21-30,32-35,43,48H,12-20H2,1-11H3,(H,42,47)(H,45,46)/t22-,23-,24+,25+,26-,27+,28+,29-,30+,32-,33+,34-,35?,38-,39-,40+,41-/m0/s1. The number of carboxylic acids is 1. The van der Waals surface area contributed by atoms with E-state index in [-0.39, 0.29) is 67.0 Å². The number of hydrogen-bond donors (Lipinski definition) is 4. The van der Waals surface area contributed by atoms with E-state index in [1.54, 1.807) is 6.92 Å². The third-order valence-electron chi connectivity index (χ3n) is 13.6. The molecule has 1 unspecified atom stereocenters. The molecular weight excluding hydrogens is 714 g/mol. The van der Waals surface area contributed by atoms with Crippen LogP contribution in [0.1, 0.15) is 128 Å². The van der Waals surface area contributed by atoms with Gasteiger partial charge in [0, 0.05) is 43.1 Å². The zero-order valence-corrected chi connectivity index (χ0v) is 34.9. The van der Waals surface area contributed by atoms with E-state index in [1.165, 1.54) is 6.92 Å². The van der Waals surface area contributed by atoms with Crippen molar-refractivity contribution < 1.29 is 62.9 Å². The molecule has 14 nitrogen and oxygen atoms in total. The number of alkyl carbamates (subject to hydrolysis) is 1. The quantitative estimate of drug-likeness (QED) is 0.186. The molecule has 5 heterocycles. The van der Waals surface area contributed by atoms with Crippen LogP contribution >= 0.6 is 0 Å². The number of carboxylic acid groups (broad SMARTS) is 1. The van der Waals surface area contributed by atoms with Crippen molar-refractivity contribution in [3.63, 3.8) is 0 Å². The first-order chi connectivity index (χ1) is 25.6. The molecule has 55 heavy (non-hydrogen) atoms. The lowest BCUT2D eigenvalue weighted by molar-refractivity contribution is -0.335. The van der Waals surface area contributed by atoms with Crippen molar-refractivity contribution in [2.45, 2.75) is 199 Å². The topological polar surface area (TPSA) is 189 Å². The Morgan fingerprint density at radius 3 is 2.24 bits per heavy atom. The van der Waals surface area contributed by atoms with E-state index < -0.39 is 77.6 Å². The molecule has 5 rings (SSSR count). The molecule has 4 N–H and O–H groups in total. The summed E-state index contributed by atoms with van der Waals surface area (Å²) in [7, 11) is 0. The molecule has 0 aliphatic carbocycles. The molecule has 17 atom stereocenters. The Balaban J connectivity index is 1.34. The van der Waals surface area contributed by atoms with Gasteiger partial charge in [0.05, 0.1) is 54.2 Å². The molecule has 5 saturated heterocycles. The summed E-state index contributed by atoms with van der Waals surface area (Å²) in [6.45, 7) is 20.4. The van der Waals surface area contributed by atoms with Crippen LogP contribution in [0.3, 0.4) is 0 Å². The predicted octanol–water partition coefficient (Wildman–Crippen LogP) is 5.33. The van der Waals surface area contributed by atoms with Crippen molar-refractivity contribution >= 4 is 18.0 Å². The number of aliphatic hydroxyl groups is 2. The second kappa shape index (κ2) is 16.7. The molecule has 0 aromatic heterocycles. The monoisotopic (exact) mass is 783 g/mol. The van der Waals surface area contributed by atoms with E-state index in [1.807, 2.05) is 41.5 Å². The highest BCUT2D eigenvalue weighted by atomic mass is 16.7. The van der Waals surface area contributed by atoms with Crippen LogP contribution in [0.5, 0.6) is 0 Å². The fraction of sp³-hybridized carbons (Fsp3) is 0.927. The van der Waals surface area contributed by atoms with Gasteiger partial charge in [0.1, 0.15) is 12.2 Å². The zero-order valence-electron chi connectivity index (χ0n) is 34.9. The van der Waals surface area contributed by atoms with Crippen LogP contribution in [-0.2, 0) is 42.7 Å². The van der Waals surface area contributed by atoms with Crippen LogP contribution in [0, 0.1) is 35.5 Å². The Morgan fingerprint density at radius 1 is 0.927 bits per heavy atom. The maximum atomic E-state index is 13.0. The fourth-order valence-corrected chi connectivity index (χ4v) is 10.2. The summed E-state index contributed by atoms with van der Waals surface area (Å²) >= 11 is 0. The van der Waals surface area contributed by atoms with Gasteiger partial charge in [-0.2, -0.15) is 0 Å². The van der Waals surface area contributed by atoms with Crippen molar-refractivity contribution in [1.29, 1.82) is 0 Å². The smallest absolute Gasteiger partial charge is 0.407 e. The third kappa shape index (κ3) is 9.00. The molecule has 0 aromatic carbocycles. The summed E-state index contributed by atoms with van der Waals surface area (Å²) in [4.78, 5) is 37.8. The molecule has 14 heteroatoms. The van der Waals surface area contributed by atoms with E-state index in [0.717, 1.165) is 19.3 Å². The number of rotatable bonds is 12. The highest BCUT2D eigenvalue weighted by Gasteiger charge is 2.62. The molecular formula is C41H69NO13. The van der Waals surface area contributed by atoms with Crippen LogP contribution in [0.4, 0.5) is 4.79 Å². The van der Waals surface area contributed by atoms with Gasteiger partial charge in [0.25, 0.3) is 0 Å². The first kappa shape index (κ1) is 44.0. The molecule has 5 fully saturated rings. The van der Waals surface area contributed by atoms with Gasteiger partial charge >= 0.3 is 18.0 Å². The summed E-state index contributed by atoms with van der Waals surface area (Å²) < 4.78 is 45.7. The fourth-order valence-electron chi connectivity index (χ4n) is 10.2. The largest absolute Gasteiger partial charge is 0.481 e. The van der Waals surface area contributed by atoms with Crippen LogP contribution < -0.4 is 5.32 Å². The summed E-state index contributed by atoms with van der Waals surface area (Å²) in [5, 5.41) is 33.8. The Bertz CT molecular complexity index is 1380. The van der Waals surface area contributed by atoms with Crippen LogP contribution in [0.15, 0.2) is 0 Å². The lowest BCUT2D eigenvalue weighted by atomic mass is 9.78. The molecule has 0 bridgehead atoms. The number of aliphatic hydroxyl groups excluding tert-OH is 1. The van der Waals surface area contributed by atoms with E-state index in [9.17, 15) is 29.7 Å². The first-order valence-electron chi connectivity index (χ1n) is 20.7. The second-order valence-electron chi connectivity index (χ2n) is 18.5. The third-order valence-corrected chi connectivity index (χ3v) is 13.6. The van der Waals surface area contributed by atoms with Gasteiger partial charge in [-0.05, 0) is 78.6 Å². The minimum Gasteiger partial charge on any atom is -0.481 e. The molecule has 0 saturated carbocycles. The summed E-state index contributed by atoms with van der Waals surface area (Å²) in [6.07, 6.45) is 0.318. The molecule has 5 aliphatic heterocycles. The number of aliphatic carboxylic acids is 1. The second-order valence-corrected chi connectivity index (χ2v) is 18.5. The Labute approximate surface area is 327 Å². The van der Waals surface area contributed by atoms with Gasteiger partial charge in [-0.3, -0.25) is 9.59 Å². The van der Waals surface area contributed by atoms with Gasteiger partial charge < -0.3 is 53.8 Å². The van der Waals surface area contributed by atoms with Gasteiger partial charge in [-0.25, -0.2) is 4.79 Å². The van der Waals surface area contributed by atoms with E-state index in [4.69, 9.17) is 33.2 Å². The molecule has 0 aromatic rings. The van der Waals surface area contributed by atoms with E-state index >= 15 is 0 Å². The van der Waals surface area contributed by atoms with Crippen LogP contribution in [-0.4, -0.2) is 112 Å². The number of carbonyl (C=O) groups is 3. The van der Waals surface area contributed by atoms with Crippen LogP contribution in [0.2, 0.25) is 0 Å². The van der Waals surface area contributed by atoms with Gasteiger partial charge in [0.15, 0.2) is 11.6 Å². The summed E-state index contributed by atoms with van der Waals surface area (Å²) in [6, 6.07) is -0.145.